The molecule has 0 aliphatic carbocycles. The maximum atomic E-state index is 12.4. The average Bonchev–Trinajstić information content (AvgIpc) is 3.21. The number of alkyl halides is 2. The normalized spacial score (nSPS) is 13.7. The fraction of sp³-hybridized carbons (Fsp3) is 0.312. The zero-order valence-electron chi connectivity index (χ0n) is 13.3. The van der Waals surface area contributed by atoms with Crippen LogP contribution in [0.1, 0.15) is 12.1 Å². The van der Waals surface area contributed by atoms with Crippen LogP contribution in [0.4, 0.5) is 8.78 Å². The minimum atomic E-state index is -2.83. The van der Waals surface area contributed by atoms with Crippen LogP contribution in [0.15, 0.2) is 23.6 Å². The number of benzene rings is 1. The number of carbonyl (C=O) groups excluding carboxylic acids is 1. The molecular weight excluding hydrogens is 370 g/mol. The minimum absolute atomic E-state index is 0.158. The Labute approximate surface area is 150 Å². The quantitative estimate of drug-likeness (QED) is 0.760. The summed E-state index contributed by atoms with van der Waals surface area (Å²) >= 11 is 1.30. The van der Waals surface area contributed by atoms with E-state index in [0.29, 0.717) is 22.2 Å². The minimum Gasteiger partial charge on any atom is -0.480 e. The Balaban J connectivity index is 1.64. The summed E-state index contributed by atoms with van der Waals surface area (Å²) in [7, 11) is 0. The van der Waals surface area contributed by atoms with Gasteiger partial charge in [0.2, 0.25) is 19.1 Å². The van der Waals surface area contributed by atoms with Crippen LogP contribution < -0.4 is 14.8 Å². The lowest BCUT2D eigenvalue weighted by Gasteiger charge is -2.13. The summed E-state index contributed by atoms with van der Waals surface area (Å²) in [4.78, 5) is 27.2. The van der Waals surface area contributed by atoms with Gasteiger partial charge in [0.05, 0.1) is 12.1 Å². The van der Waals surface area contributed by atoms with E-state index < -0.39 is 30.8 Å². The second-order valence-electron chi connectivity index (χ2n) is 5.47. The molecule has 26 heavy (non-hydrogen) atoms. The van der Waals surface area contributed by atoms with Crippen LogP contribution in [0.25, 0.3) is 10.6 Å². The maximum Gasteiger partial charge on any atom is 0.326 e. The van der Waals surface area contributed by atoms with E-state index in [-0.39, 0.29) is 13.2 Å². The summed E-state index contributed by atoms with van der Waals surface area (Å²) in [5.41, 5.74) is 1.20. The molecule has 138 valence electrons. The first-order valence-electron chi connectivity index (χ1n) is 7.57. The number of rotatable bonds is 7. The molecule has 0 fully saturated rings. The van der Waals surface area contributed by atoms with E-state index in [9.17, 15) is 18.4 Å². The van der Waals surface area contributed by atoms with Gasteiger partial charge in [0, 0.05) is 17.4 Å². The molecule has 1 aliphatic rings. The van der Waals surface area contributed by atoms with E-state index in [2.05, 4.69) is 10.3 Å². The number of ether oxygens (including phenoxy) is 2. The summed E-state index contributed by atoms with van der Waals surface area (Å²) in [5, 5.41) is 13.3. The van der Waals surface area contributed by atoms with Crippen LogP contribution in [-0.2, 0) is 16.0 Å². The van der Waals surface area contributed by atoms with Gasteiger partial charge < -0.3 is 19.9 Å². The zero-order chi connectivity index (χ0) is 18.7. The van der Waals surface area contributed by atoms with Gasteiger partial charge in [-0.15, -0.1) is 11.3 Å². The molecule has 1 aliphatic heterocycles. The van der Waals surface area contributed by atoms with Crippen molar-refractivity contribution in [2.75, 3.05) is 6.79 Å². The third-order valence-electron chi connectivity index (χ3n) is 3.56. The van der Waals surface area contributed by atoms with Gasteiger partial charge in [-0.2, -0.15) is 0 Å². The summed E-state index contributed by atoms with van der Waals surface area (Å²) in [6.07, 6.45) is -3.97. The Kier molecular flexibility index (Phi) is 5.31. The number of aromatic nitrogens is 1. The Morgan fingerprint density at radius 3 is 2.81 bits per heavy atom. The van der Waals surface area contributed by atoms with E-state index >= 15 is 0 Å². The predicted octanol–water partition coefficient (Wildman–Crippen LogP) is 2.31. The molecule has 7 nitrogen and oxygen atoms in total. The first-order chi connectivity index (χ1) is 12.4. The second-order valence-corrected chi connectivity index (χ2v) is 6.33. The summed E-state index contributed by atoms with van der Waals surface area (Å²) < 4.78 is 35.3. The fourth-order valence-electron chi connectivity index (χ4n) is 2.36. The molecule has 3 rings (SSSR count). The maximum absolute atomic E-state index is 12.4. The summed E-state index contributed by atoms with van der Waals surface area (Å²) in [5.74, 6) is -0.935. The van der Waals surface area contributed by atoms with E-state index in [1.165, 1.54) is 11.3 Å². The smallest absolute Gasteiger partial charge is 0.326 e. The molecule has 1 atom stereocenters. The number of hydrogen-bond acceptors (Lipinski definition) is 6. The molecule has 2 heterocycles. The Morgan fingerprint density at radius 1 is 1.31 bits per heavy atom. The number of nitrogens with zero attached hydrogens (tertiary/aromatic N) is 1. The van der Waals surface area contributed by atoms with Gasteiger partial charge in [-0.1, -0.05) is 0 Å². The van der Waals surface area contributed by atoms with Gasteiger partial charge in [0.1, 0.15) is 11.0 Å². The lowest BCUT2D eigenvalue weighted by Crippen LogP contribution is -2.42. The highest BCUT2D eigenvalue weighted by atomic mass is 32.1. The van der Waals surface area contributed by atoms with Crippen molar-refractivity contribution in [3.8, 4) is 22.1 Å². The number of fused-ring (bicyclic) bond motifs is 1. The fourth-order valence-corrected chi connectivity index (χ4v) is 3.18. The molecule has 0 radical (unpaired) electrons. The molecule has 1 unspecified atom stereocenters. The number of aliphatic carboxylic acids is 1. The Morgan fingerprint density at radius 2 is 2.08 bits per heavy atom. The van der Waals surface area contributed by atoms with Crippen LogP contribution >= 0.6 is 11.3 Å². The van der Waals surface area contributed by atoms with E-state index in [4.69, 9.17) is 14.6 Å². The highest BCUT2D eigenvalue weighted by Crippen LogP contribution is 2.36. The predicted molar refractivity (Wildman–Crippen MR) is 87.6 cm³/mol. The van der Waals surface area contributed by atoms with Crippen molar-refractivity contribution in [2.45, 2.75) is 25.3 Å². The second kappa shape index (κ2) is 7.65. The zero-order valence-corrected chi connectivity index (χ0v) is 14.1. The molecule has 1 aromatic heterocycles. The third kappa shape index (κ3) is 4.26. The highest BCUT2D eigenvalue weighted by molar-refractivity contribution is 7.13. The molecule has 0 saturated heterocycles. The number of halogens is 2. The van der Waals surface area contributed by atoms with Crippen molar-refractivity contribution in [3.05, 3.63) is 29.3 Å². The number of hydrogen-bond donors (Lipinski definition) is 2. The molecule has 0 bridgehead atoms. The molecular formula is C16H14F2N2O5S. The number of thiazole rings is 1. The summed E-state index contributed by atoms with van der Waals surface area (Å²) in [6, 6.07) is 3.70. The first kappa shape index (κ1) is 18.1. The average molecular weight is 384 g/mol. The SMILES string of the molecule is O=C(Cc1csc(-c2ccc3c(c2)OCO3)n1)NC(CC(F)F)C(=O)O. The molecule has 0 saturated carbocycles. The monoisotopic (exact) mass is 384 g/mol. The molecule has 10 heteroatoms. The van der Waals surface area contributed by atoms with Crippen LogP contribution in [0.3, 0.4) is 0 Å². The van der Waals surface area contributed by atoms with Crippen molar-refractivity contribution >= 4 is 23.2 Å². The Hall–Kier alpha value is -2.75. The third-order valence-corrected chi connectivity index (χ3v) is 4.50. The number of carboxylic acid groups (broad SMARTS) is 1. The lowest BCUT2D eigenvalue weighted by atomic mass is 10.2. The highest BCUT2D eigenvalue weighted by Gasteiger charge is 2.24. The molecule has 1 aromatic carbocycles. The molecule has 2 N–H and O–H groups in total. The summed E-state index contributed by atoms with van der Waals surface area (Å²) in [6.45, 7) is 0.158. The van der Waals surface area contributed by atoms with Gasteiger partial charge >= 0.3 is 5.97 Å². The molecule has 2 aromatic rings. The van der Waals surface area contributed by atoms with Crippen LogP contribution in [0, 0.1) is 0 Å². The lowest BCUT2D eigenvalue weighted by molar-refractivity contribution is -0.142. The topological polar surface area (TPSA) is 97.8 Å². The Bertz CT molecular complexity index is 827. The van der Waals surface area contributed by atoms with Gasteiger partial charge in [-0.05, 0) is 18.2 Å². The number of amides is 1. The van der Waals surface area contributed by atoms with Gasteiger partial charge in [-0.3, -0.25) is 4.79 Å². The van der Waals surface area contributed by atoms with Crippen molar-refractivity contribution in [1.29, 1.82) is 0 Å². The van der Waals surface area contributed by atoms with E-state index in [0.717, 1.165) is 5.56 Å². The van der Waals surface area contributed by atoms with Crippen molar-refractivity contribution in [3.63, 3.8) is 0 Å². The largest absolute Gasteiger partial charge is 0.480 e. The van der Waals surface area contributed by atoms with Crippen molar-refractivity contribution in [1.82, 2.24) is 10.3 Å². The standard InChI is InChI=1S/C16H14F2N2O5S/c17-13(18)5-10(16(22)23)20-14(21)4-9-6-26-15(19-9)8-1-2-11-12(3-8)25-7-24-11/h1-3,6,10,13H,4-5,7H2,(H,20,21)(H,22,23). The van der Waals surface area contributed by atoms with Gasteiger partial charge in [0.25, 0.3) is 0 Å². The van der Waals surface area contributed by atoms with Crippen molar-refractivity contribution < 1.29 is 33.0 Å². The van der Waals surface area contributed by atoms with Crippen LogP contribution in [-0.4, -0.2) is 41.2 Å². The van der Waals surface area contributed by atoms with Gasteiger partial charge in [0.15, 0.2) is 11.5 Å². The van der Waals surface area contributed by atoms with Gasteiger partial charge in [-0.25, -0.2) is 18.6 Å². The van der Waals surface area contributed by atoms with Crippen LogP contribution in [0.5, 0.6) is 11.5 Å². The van der Waals surface area contributed by atoms with E-state index in [1.807, 2.05) is 0 Å². The molecule has 0 spiro atoms. The number of carboxylic acids is 1. The first-order valence-corrected chi connectivity index (χ1v) is 8.45. The molecule has 1 amide bonds. The van der Waals surface area contributed by atoms with Crippen LogP contribution in [0.2, 0.25) is 0 Å². The van der Waals surface area contributed by atoms with E-state index in [1.54, 1.807) is 23.6 Å². The number of carbonyl (C=O) groups is 2. The van der Waals surface area contributed by atoms with Crippen molar-refractivity contribution in [2.24, 2.45) is 0 Å². The number of nitrogens with one attached hydrogen (secondary N) is 1.